The summed E-state index contributed by atoms with van der Waals surface area (Å²) in [4.78, 5) is 23.2. The van der Waals surface area contributed by atoms with Gasteiger partial charge < -0.3 is 24.1 Å². The van der Waals surface area contributed by atoms with Crippen molar-refractivity contribution in [1.82, 2.24) is 0 Å². The van der Waals surface area contributed by atoms with E-state index in [2.05, 4.69) is 0 Å². The molecule has 3 rings (SSSR count). The molecule has 0 aliphatic rings. The number of benzene rings is 2. The van der Waals surface area contributed by atoms with Gasteiger partial charge in [0, 0.05) is 35.6 Å². The molecule has 0 saturated heterocycles. The molecule has 7 nitrogen and oxygen atoms in total. The molecule has 28 heavy (non-hydrogen) atoms. The van der Waals surface area contributed by atoms with Gasteiger partial charge in [0.25, 0.3) is 0 Å². The number of fused-ring (bicyclic) bond motifs is 1. The van der Waals surface area contributed by atoms with Gasteiger partial charge in [-0.3, -0.25) is 4.79 Å². The second-order valence-corrected chi connectivity index (χ2v) is 5.95. The molecule has 0 aliphatic heterocycles. The third kappa shape index (κ3) is 5.14. The fourth-order valence-corrected chi connectivity index (χ4v) is 2.54. The minimum Gasteiger partial charge on any atom is -0.490 e. The van der Waals surface area contributed by atoms with Crippen LogP contribution in [0, 0.1) is 6.92 Å². The summed E-state index contributed by atoms with van der Waals surface area (Å²) < 4.78 is 16.3. The normalized spacial score (nSPS) is 11.5. The summed E-state index contributed by atoms with van der Waals surface area (Å²) in [6, 6.07) is 12.9. The molecule has 1 atom stereocenters. The topological polar surface area (TPSA) is 106 Å². The minimum atomic E-state index is -1.33. The minimum absolute atomic E-state index is 0. The first-order valence-electron chi connectivity index (χ1n) is 8.25. The van der Waals surface area contributed by atoms with Crippen LogP contribution in [0.1, 0.15) is 16.1 Å². The number of aliphatic hydroxyl groups excluding tert-OH is 1. The van der Waals surface area contributed by atoms with E-state index in [1.807, 2.05) is 25.1 Å². The Bertz CT molecular complexity index is 1030. The van der Waals surface area contributed by atoms with Crippen LogP contribution in [0.15, 0.2) is 57.7 Å². The molecule has 141 valence electrons. The molecule has 1 unspecified atom stereocenters. The maximum absolute atomic E-state index is 12.2. The van der Waals surface area contributed by atoms with Crippen LogP contribution in [0.3, 0.4) is 0 Å². The predicted octanol–water partition coefficient (Wildman–Crippen LogP) is 2.24. The third-order valence-corrected chi connectivity index (χ3v) is 3.88. The van der Waals surface area contributed by atoms with E-state index in [9.17, 15) is 14.7 Å². The van der Waals surface area contributed by atoms with Gasteiger partial charge in [-0.2, -0.15) is 0 Å². The predicted molar refractivity (Wildman–Crippen MR) is 103 cm³/mol. The van der Waals surface area contributed by atoms with Crippen molar-refractivity contribution in [2.24, 2.45) is 0 Å². The van der Waals surface area contributed by atoms with E-state index in [4.69, 9.17) is 19.0 Å². The van der Waals surface area contributed by atoms with Gasteiger partial charge >= 0.3 is 5.97 Å². The van der Waals surface area contributed by atoms with E-state index in [1.165, 1.54) is 6.07 Å². The van der Waals surface area contributed by atoms with Crippen LogP contribution in [0.25, 0.3) is 11.0 Å². The van der Waals surface area contributed by atoms with Crippen molar-refractivity contribution in [3.05, 3.63) is 70.1 Å². The number of carboxylic acid groups (broad SMARTS) is 1. The smallest absolute Gasteiger partial charge is 0.371 e. The van der Waals surface area contributed by atoms with E-state index >= 15 is 0 Å². The Kier molecular flexibility index (Phi) is 7.65. The number of para-hydroxylation sites is 1. The molecule has 3 aromatic rings. The van der Waals surface area contributed by atoms with Gasteiger partial charge in [0.15, 0.2) is 5.43 Å². The van der Waals surface area contributed by atoms with Crippen molar-refractivity contribution in [2.45, 2.75) is 13.0 Å². The number of hydrogen-bond acceptors (Lipinski definition) is 6. The van der Waals surface area contributed by atoms with Crippen molar-refractivity contribution in [3.8, 4) is 11.5 Å². The van der Waals surface area contributed by atoms with E-state index in [0.717, 1.165) is 11.6 Å². The molecule has 1 heterocycles. The van der Waals surface area contributed by atoms with Crippen LogP contribution in [0.5, 0.6) is 11.5 Å². The Hall–Kier alpha value is -2.32. The Balaban J connectivity index is 0.00000280. The van der Waals surface area contributed by atoms with Crippen molar-refractivity contribution in [1.29, 1.82) is 0 Å². The molecule has 0 fully saturated rings. The molecule has 0 bridgehead atoms. The second kappa shape index (κ2) is 9.75. The summed E-state index contributed by atoms with van der Waals surface area (Å²) >= 11 is 0. The molecule has 1 radical (unpaired) electrons. The third-order valence-electron chi connectivity index (χ3n) is 3.88. The summed E-state index contributed by atoms with van der Waals surface area (Å²) in [5.74, 6) is -0.905. The molecular formula is C20H18NaO7. The zero-order valence-electron chi connectivity index (χ0n) is 15.5. The molecule has 2 N–H and O–H groups in total. The number of aryl methyl sites for hydroxylation is 1. The first-order chi connectivity index (χ1) is 13.0. The number of aliphatic hydroxyl groups is 1. The molecule has 2 aromatic carbocycles. The van der Waals surface area contributed by atoms with Gasteiger partial charge in [-0.25, -0.2) is 4.79 Å². The SMILES string of the molecule is Cc1ccccc1OCC(O)COc1cccc2oc(C(=O)O)cc(=O)c12.[Na]. The standard InChI is InChI=1S/C20H18O7.Na/c1-12-5-2-3-6-15(12)25-10-13(21)11-26-16-7-4-8-17-19(16)14(22)9-18(27-17)20(23)24;/h2-9,13,21H,10-11H2,1H3,(H,23,24);. The number of hydrogen-bond donors (Lipinski definition) is 2. The first kappa shape index (κ1) is 22.0. The van der Waals surface area contributed by atoms with Crippen LogP contribution < -0.4 is 14.9 Å². The Morgan fingerprint density at radius 3 is 2.39 bits per heavy atom. The van der Waals surface area contributed by atoms with Crippen LogP contribution in [-0.4, -0.2) is 65.1 Å². The van der Waals surface area contributed by atoms with Gasteiger partial charge in [-0.05, 0) is 30.7 Å². The van der Waals surface area contributed by atoms with Crippen LogP contribution in [-0.2, 0) is 0 Å². The van der Waals surface area contributed by atoms with Gasteiger partial charge in [0.2, 0.25) is 5.76 Å². The molecule has 0 amide bonds. The Labute approximate surface area is 182 Å². The van der Waals surface area contributed by atoms with E-state index in [1.54, 1.807) is 18.2 Å². The van der Waals surface area contributed by atoms with Gasteiger partial charge in [0.1, 0.15) is 41.8 Å². The maximum atomic E-state index is 12.2. The molecule has 0 saturated carbocycles. The number of carbonyl (C=O) groups is 1. The quantitative estimate of drug-likeness (QED) is 0.593. The van der Waals surface area contributed by atoms with Crippen LogP contribution in [0.4, 0.5) is 0 Å². The second-order valence-electron chi connectivity index (χ2n) is 5.95. The molecular weight excluding hydrogens is 375 g/mol. The van der Waals surface area contributed by atoms with Gasteiger partial charge in [0.05, 0.1) is 0 Å². The zero-order chi connectivity index (χ0) is 19.4. The maximum Gasteiger partial charge on any atom is 0.371 e. The van der Waals surface area contributed by atoms with Crippen LogP contribution >= 0.6 is 0 Å². The van der Waals surface area contributed by atoms with Crippen molar-refractivity contribution in [3.63, 3.8) is 0 Å². The van der Waals surface area contributed by atoms with E-state index < -0.39 is 23.3 Å². The Morgan fingerprint density at radius 1 is 1.07 bits per heavy atom. The zero-order valence-corrected chi connectivity index (χ0v) is 17.5. The molecule has 1 aromatic heterocycles. The van der Waals surface area contributed by atoms with Gasteiger partial charge in [-0.15, -0.1) is 0 Å². The average Bonchev–Trinajstić information content (AvgIpc) is 2.65. The fraction of sp³-hybridized carbons (Fsp3) is 0.200. The number of aromatic carboxylic acids is 1. The van der Waals surface area contributed by atoms with E-state index in [0.29, 0.717) is 5.75 Å². The summed E-state index contributed by atoms with van der Waals surface area (Å²) in [5.41, 5.74) is 0.518. The average molecular weight is 393 g/mol. The van der Waals surface area contributed by atoms with Crippen molar-refractivity contribution < 1.29 is 28.9 Å². The van der Waals surface area contributed by atoms with Crippen LogP contribution in [0.2, 0.25) is 0 Å². The Morgan fingerprint density at radius 2 is 1.71 bits per heavy atom. The van der Waals surface area contributed by atoms with Crippen molar-refractivity contribution >= 4 is 46.5 Å². The summed E-state index contributed by atoms with van der Waals surface area (Å²) in [5, 5.41) is 19.2. The fourth-order valence-electron chi connectivity index (χ4n) is 2.54. The monoisotopic (exact) mass is 393 g/mol. The first-order valence-corrected chi connectivity index (χ1v) is 8.25. The number of ether oxygens (including phenoxy) is 2. The molecule has 8 heteroatoms. The summed E-state index contributed by atoms with van der Waals surface area (Å²) in [6.45, 7) is 1.82. The largest absolute Gasteiger partial charge is 0.490 e. The molecule has 0 spiro atoms. The molecule has 0 aliphatic carbocycles. The van der Waals surface area contributed by atoms with Gasteiger partial charge in [-0.1, -0.05) is 24.3 Å². The number of rotatable bonds is 7. The van der Waals surface area contributed by atoms with Crippen molar-refractivity contribution in [2.75, 3.05) is 13.2 Å². The number of carboxylic acids is 1. The van der Waals surface area contributed by atoms with E-state index in [-0.39, 0.29) is 59.5 Å². The summed E-state index contributed by atoms with van der Waals surface area (Å²) in [7, 11) is 0. The summed E-state index contributed by atoms with van der Waals surface area (Å²) in [6.07, 6.45) is -0.926.